The van der Waals surface area contributed by atoms with Gasteiger partial charge in [0.25, 0.3) is 0 Å². The minimum Gasteiger partial charge on any atom is -0.481 e. The predicted molar refractivity (Wildman–Crippen MR) is 83.0 cm³/mol. The lowest BCUT2D eigenvalue weighted by atomic mass is 9.72. The molecule has 2 fully saturated rings. The second-order valence-electron chi connectivity index (χ2n) is 6.31. The number of rotatable bonds is 2. The summed E-state index contributed by atoms with van der Waals surface area (Å²) in [4.78, 5) is 13.7. The van der Waals surface area contributed by atoms with Crippen molar-refractivity contribution >= 4 is 27.6 Å². The number of nitrogens with zero attached hydrogens (tertiary/aromatic N) is 1. The average molecular weight is 338 g/mol. The molecule has 0 radical (unpaired) electrons. The van der Waals surface area contributed by atoms with Gasteiger partial charge in [0.15, 0.2) is 0 Å². The third kappa shape index (κ3) is 2.71. The highest BCUT2D eigenvalue weighted by Crippen LogP contribution is 2.40. The highest BCUT2D eigenvalue weighted by molar-refractivity contribution is 9.10. The van der Waals surface area contributed by atoms with Crippen LogP contribution in [0.3, 0.4) is 0 Å². The molecular weight excluding hydrogens is 318 g/mol. The quantitative estimate of drug-likeness (QED) is 0.894. The van der Waals surface area contributed by atoms with Crippen LogP contribution in [0.1, 0.15) is 24.8 Å². The monoisotopic (exact) mass is 337 g/mol. The van der Waals surface area contributed by atoms with Crippen molar-refractivity contribution in [3.05, 3.63) is 28.2 Å². The first-order valence-corrected chi connectivity index (χ1v) is 8.06. The normalized spacial score (nSPS) is 29.3. The third-order valence-electron chi connectivity index (χ3n) is 4.71. The van der Waals surface area contributed by atoms with Gasteiger partial charge >= 0.3 is 5.97 Å². The number of carboxylic acids is 1. The van der Waals surface area contributed by atoms with Gasteiger partial charge in [0.2, 0.25) is 0 Å². The van der Waals surface area contributed by atoms with E-state index in [1.807, 2.05) is 0 Å². The van der Waals surface area contributed by atoms with Crippen LogP contribution in [-0.2, 0) is 4.79 Å². The zero-order valence-corrected chi connectivity index (χ0v) is 13.3. The number of hydrogen-bond donors (Lipinski definition) is 1. The summed E-state index contributed by atoms with van der Waals surface area (Å²) in [6.07, 6.45) is 2.89. The number of benzene rings is 1. The molecule has 3 rings (SSSR count). The van der Waals surface area contributed by atoms with Gasteiger partial charge in [-0.15, -0.1) is 0 Å². The lowest BCUT2D eigenvalue weighted by molar-refractivity contribution is -0.144. The fourth-order valence-corrected chi connectivity index (χ4v) is 4.41. The van der Waals surface area contributed by atoms with Crippen molar-refractivity contribution in [2.45, 2.75) is 26.2 Å². The Bertz CT molecular complexity index is 517. The average Bonchev–Trinajstić information content (AvgIpc) is 2.37. The number of carbonyl (C=O) groups is 1. The molecule has 2 unspecified atom stereocenters. The van der Waals surface area contributed by atoms with E-state index in [2.05, 4.69) is 46.0 Å². The zero-order valence-electron chi connectivity index (χ0n) is 11.7. The molecule has 3 nitrogen and oxygen atoms in total. The number of piperidine rings is 1. The molecule has 1 aromatic carbocycles. The first-order valence-electron chi connectivity index (χ1n) is 7.27. The molecule has 20 heavy (non-hydrogen) atoms. The van der Waals surface area contributed by atoms with E-state index in [0.717, 1.165) is 30.4 Å². The zero-order chi connectivity index (χ0) is 14.3. The number of fused-ring (bicyclic) bond motifs is 2. The van der Waals surface area contributed by atoms with Gasteiger partial charge in [-0.25, -0.2) is 0 Å². The molecule has 1 heterocycles. The highest BCUT2D eigenvalue weighted by Gasteiger charge is 2.38. The topological polar surface area (TPSA) is 40.5 Å². The van der Waals surface area contributed by atoms with Gasteiger partial charge in [-0.1, -0.05) is 15.9 Å². The van der Waals surface area contributed by atoms with E-state index in [0.29, 0.717) is 11.8 Å². The Hall–Kier alpha value is -1.03. The van der Waals surface area contributed by atoms with Crippen LogP contribution in [0.5, 0.6) is 0 Å². The SMILES string of the molecule is Cc1cc(Br)ccc1N1CC2CC(CC(C(=O)O)C2)C1. The molecule has 4 heteroatoms. The van der Waals surface area contributed by atoms with Crippen LogP contribution in [0.25, 0.3) is 0 Å². The molecule has 1 aromatic rings. The summed E-state index contributed by atoms with van der Waals surface area (Å²) in [5, 5.41) is 9.23. The summed E-state index contributed by atoms with van der Waals surface area (Å²) in [6.45, 7) is 4.15. The van der Waals surface area contributed by atoms with Crippen LogP contribution in [0.2, 0.25) is 0 Å². The first-order chi connectivity index (χ1) is 9.52. The Morgan fingerprint density at radius 1 is 1.25 bits per heavy atom. The molecule has 1 saturated carbocycles. The van der Waals surface area contributed by atoms with E-state index in [9.17, 15) is 9.90 Å². The van der Waals surface area contributed by atoms with Gasteiger partial charge in [-0.05, 0) is 61.8 Å². The van der Waals surface area contributed by atoms with E-state index < -0.39 is 5.97 Å². The minimum absolute atomic E-state index is 0.119. The van der Waals surface area contributed by atoms with Crippen LogP contribution in [0, 0.1) is 24.7 Å². The Balaban J connectivity index is 1.77. The van der Waals surface area contributed by atoms with Crippen molar-refractivity contribution in [3.8, 4) is 0 Å². The van der Waals surface area contributed by atoms with E-state index in [-0.39, 0.29) is 5.92 Å². The second-order valence-corrected chi connectivity index (χ2v) is 7.23. The Morgan fingerprint density at radius 3 is 2.45 bits per heavy atom. The van der Waals surface area contributed by atoms with Crippen LogP contribution >= 0.6 is 15.9 Å². The molecule has 108 valence electrons. The van der Waals surface area contributed by atoms with Crippen LogP contribution in [0.4, 0.5) is 5.69 Å². The van der Waals surface area contributed by atoms with Crippen LogP contribution < -0.4 is 4.90 Å². The highest BCUT2D eigenvalue weighted by atomic mass is 79.9. The van der Waals surface area contributed by atoms with E-state index in [1.54, 1.807) is 0 Å². The molecule has 0 aromatic heterocycles. The van der Waals surface area contributed by atoms with Gasteiger partial charge in [0, 0.05) is 23.2 Å². The van der Waals surface area contributed by atoms with Crippen LogP contribution in [-0.4, -0.2) is 24.2 Å². The Morgan fingerprint density at radius 2 is 1.90 bits per heavy atom. The van der Waals surface area contributed by atoms with Crippen molar-refractivity contribution < 1.29 is 9.90 Å². The smallest absolute Gasteiger partial charge is 0.306 e. The number of hydrogen-bond acceptors (Lipinski definition) is 2. The molecule has 1 aliphatic heterocycles. The molecule has 1 saturated heterocycles. The maximum absolute atomic E-state index is 11.2. The predicted octanol–water partition coefficient (Wildman–Crippen LogP) is 3.69. The number of carboxylic acid groups (broad SMARTS) is 1. The molecular formula is C16H20BrNO2. The summed E-state index contributed by atoms with van der Waals surface area (Å²) in [5.74, 6) is 0.346. The van der Waals surface area contributed by atoms with Gasteiger partial charge < -0.3 is 10.0 Å². The molecule has 2 atom stereocenters. The van der Waals surface area contributed by atoms with Crippen molar-refractivity contribution in [3.63, 3.8) is 0 Å². The van der Waals surface area contributed by atoms with Gasteiger partial charge in [0.1, 0.15) is 0 Å². The standard InChI is InChI=1S/C16H20BrNO2/c1-10-4-14(17)2-3-15(10)18-8-11-5-12(9-18)7-13(6-11)16(19)20/h2-4,11-13H,5-9H2,1H3,(H,19,20). The summed E-state index contributed by atoms with van der Waals surface area (Å²) in [7, 11) is 0. The number of halogens is 1. The van der Waals surface area contributed by atoms with Crippen LogP contribution in [0.15, 0.2) is 22.7 Å². The van der Waals surface area contributed by atoms with Crippen molar-refractivity contribution in [2.24, 2.45) is 17.8 Å². The summed E-state index contributed by atoms with van der Waals surface area (Å²) in [5.41, 5.74) is 2.59. The molecule has 1 aliphatic carbocycles. The van der Waals surface area contributed by atoms with Gasteiger partial charge in [-0.3, -0.25) is 4.79 Å². The summed E-state index contributed by atoms with van der Waals surface area (Å²) in [6, 6.07) is 6.42. The van der Waals surface area contributed by atoms with E-state index >= 15 is 0 Å². The minimum atomic E-state index is -0.604. The number of aliphatic carboxylic acids is 1. The summed E-state index contributed by atoms with van der Waals surface area (Å²) < 4.78 is 1.11. The van der Waals surface area contributed by atoms with Gasteiger partial charge in [0.05, 0.1) is 5.92 Å². The fraction of sp³-hybridized carbons (Fsp3) is 0.562. The first kappa shape index (κ1) is 13.9. The number of anilines is 1. The second kappa shape index (κ2) is 5.40. The Labute approximate surface area is 128 Å². The molecule has 2 aliphatic rings. The fourth-order valence-electron chi connectivity index (χ4n) is 3.93. The molecule has 2 bridgehead atoms. The largest absolute Gasteiger partial charge is 0.481 e. The van der Waals surface area contributed by atoms with Gasteiger partial charge in [-0.2, -0.15) is 0 Å². The molecule has 0 spiro atoms. The van der Waals surface area contributed by atoms with Crippen molar-refractivity contribution in [1.82, 2.24) is 0 Å². The van der Waals surface area contributed by atoms with E-state index in [4.69, 9.17) is 0 Å². The summed E-state index contributed by atoms with van der Waals surface area (Å²) >= 11 is 3.51. The van der Waals surface area contributed by atoms with Crippen molar-refractivity contribution in [1.29, 1.82) is 0 Å². The molecule has 0 amide bonds. The Kier molecular flexibility index (Phi) is 3.76. The lowest BCUT2D eigenvalue weighted by Crippen LogP contribution is -2.46. The van der Waals surface area contributed by atoms with E-state index in [1.165, 1.54) is 17.7 Å². The number of aryl methyl sites for hydroxylation is 1. The molecule has 1 N–H and O–H groups in total. The lowest BCUT2D eigenvalue weighted by Gasteiger charge is -2.44. The maximum Gasteiger partial charge on any atom is 0.306 e. The third-order valence-corrected chi connectivity index (χ3v) is 5.20. The van der Waals surface area contributed by atoms with Crippen molar-refractivity contribution in [2.75, 3.05) is 18.0 Å². The maximum atomic E-state index is 11.2.